The maximum absolute atomic E-state index is 10.6. The van der Waals surface area contributed by atoms with Crippen molar-refractivity contribution >= 4 is 17.8 Å². The summed E-state index contributed by atoms with van der Waals surface area (Å²) in [7, 11) is 0. The second kappa shape index (κ2) is 8.61. The number of ketones is 1. The van der Waals surface area contributed by atoms with Crippen molar-refractivity contribution in [2.24, 2.45) is 0 Å². The molecule has 16 heavy (non-hydrogen) atoms. The molecule has 0 aromatic heterocycles. The van der Waals surface area contributed by atoms with Gasteiger partial charge in [0.05, 0.1) is 0 Å². The molecule has 1 aromatic rings. The Balaban J connectivity index is 0.00000225. The Morgan fingerprint density at radius 3 is 2.25 bits per heavy atom. The summed E-state index contributed by atoms with van der Waals surface area (Å²) in [5.74, 6) is -2.73. The first-order valence-electron chi connectivity index (χ1n) is 4.35. The first-order valence-corrected chi connectivity index (χ1v) is 4.35. The molecule has 0 fully saturated rings. The van der Waals surface area contributed by atoms with Gasteiger partial charge in [-0.05, 0) is 11.6 Å². The average Bonchev–Trinajstić information content (AvgIpc) is 2.25. The van der Waals surface area contributed by atoms with E-state index in [1.54, 1.807) is 12.2 Å². The Bertz CT molecular complexity index is 408. The van der Waals surface area contributed by atoms with Gasteiger partial charge in [-0.15, -0.1) is 0 Å². The summed E-state index contributed by atoms with van der Waals surface area (Å²) in [5, 5.41) is 10.0. The van der Waals surface area contributed by atoms with Crippen LogP contribution in [0.5, 0.6) is 0 Å². The van der Waals surface area contributed by atoms with E-state index in [-0.39, 0.29) is 51.4 Å². The molecule has 0 amide bonds. The van der Waals surface area contributed by atoms with Gasteiger partial charge in [0.1, 0.15) is 5.97 Å². The zero-order chi connectivity index (χ0) is 11.1. The fraction of sp³-hybridized carbons (Fsp3) is 0. The minimum atomic E-state index is -1.70. The third-order valence-corrected chi connectivity index (χ3v) is 1.65. The second-order valence-corrected chi connectivity index (χ2v) is 2.78. The molecular formula is C12H9KO3. The van der Waals surface area contributed by atoms with Gasteiger partial charge in [0, 0.05) is 0 Å². The zero-order valence-corrected chi connectivity index (χ0v) is 12.0. The van der Waals surface area contributed by atoms with Crippen LogP contribution < -0.4 is 56.5 Å². The van der Waals surface area contributed by atoms with E-state index in [1.807, 2.05) is 30.3 Å². The molecule has 0 atom stereocenters. The van der Waals surface area contributed by atoms with E-state index >= 15 is 0 Å². The summed E-state index contributed by atoms with van der Waals surface area (Å²) in [6.45, 7) is 0. The van der Waals surface area contributed by atoms with Gasteiger partial charge in [-0.25, -0.2) is 0 Å². The number of carbonyl (C=O) groups excluding carboxylic acids is 2. The molecule has 0 aliphatic rings. The molecule has 0 bridgehead atoms. The number of aliphatic carboxylic acids is 1. The van der Waals surface area contributed by atoms with Crippen LogP contribution in [0.2, 0.25) is 0 Å². The van der Waals surface area contributed by atoms with E-state index in [4.69, 9.17) is 0 Å². The van der Waals surface area contributed by atoms with Gasteiger partial charge >= 0.3 is 51.4 Å². The largest absolute Gasteiger partial charge is 1.00 e. The van der Waals surface area contributed by atoms with Crippen molar-refractivity contribution in [3.8, 4) is 0 Å². The molecule has 4 heteroatoms. The summed E-state index contributed by atoms with van der Waals surface area (Å²) in [4.78, 5) is 20.6. The molecule has 0 aliphatic heterocycles. The van der Waals surface area contributed by atoms with Crippen LogP contribution in [0.4, 0.5) is 0 Å². The fourth-order valence-electron chi connectivity index (χ4n) is 0.942. The predicted molar refractivity (Wildman–Crippen MR) is 54.6 cm³/mol. The Kier molecular flexibility index (Phi) is 8.33. The van der Waals surface area contributed by atoms with Crippen molar-refractivity contribution in [2.75, 3.05) is 0 Å². The molecule has 0 saturated carbocycles. The van der Waals surface area contributed by atoms with E-state index in [0.29, 0.717) is 0 Å². The topological polar surface area (TPSA) is 57.2 Å². The van der Waals surface area contributed by atoms with Crippen LogP contribution in [-0.2, 0) is 9.59 Å². The number of benzene rings is 1. The minimum Gasteiger partial charge on any atom is -0.541 e. The Labute approximate surface area is 136 Å². The molecule has 0 radical (unpaired) electrons. The molecule has 0 spiro atoms. The van der Waals surface area contributed by atoms with E-state index < -0.39 is 11.8 Å². The molecule has 0 unspecified atom stereocenters. The van der Waals surface area contributed by atoms with Crippen LogP contribution in [0.1, 0.15) is 5.56 Å². The summed E-state index contributed by atoms with van der Waals surface area (Å²) < 4.78 is 0. The van der Waals surface area contributed by atoms with Crippen molar-refractivity contribution in [3.05, 3.63) is 54.1 Å². The molecule has 76 valence electrons. The summed E-state index contributed by atoms with van der Waals surface area (Å²) >= 11 is 0. The fourth-order valence-corrected chi connectivity index (χ4v) is 0.942. The normalized spacial score (nSPS) is 10.2. The molecular weight excluding hydrogens is 231 g/mol. The number of carbonyl (C=O) groups is 2. The molecule has 0 N–H and O–H groups in total. The number of carboxylic acids is 1. The summed E-state index contributed by atoms with van der Waals surface area (Å²) in [6.07, 6.45) is 5.68. The Morgan fingerprint density at radius 2 is 1.69 bits per heavy atom. The van der Waals surface area contributed by atoms with E-state index in [1.165, 1.54) is 6.08 Å². The Morgan fingerprint density at radius 1 is 1.06 bits per heavy atom. The van der Waals surface area contributed by atoms with Gasteiger partial charge in [-0.3, -0.25) is 4.79 Å². The monoisotopic (exact) mass is 240 g/mol. The van der Waals surface area contributed by atoms with Crippen molar-refractivity contribution in [2.45, 2.75) is 0 Å². The van der Waals surface area contributed by atoms with Crippen LogP contribution in [0.25, 0.3) is 6.08 Å². The molecule has 0 saturated heterocycles. The summed E-state index contributed by atoms with van der Waals surface area (Å²) in [5.41, 5.74) is 0.975. The average molecular weight is 240 g/mol. The van der Waals surface area contributed by atoms with Gasteiger partial charge < -0.3 is 9.90 Å². The van der Waals surface area contributed by atoms with Gasteiger partial charge in [0.2, 0.25) is 5.78 Å². The first-order chi connectivity index (χ1) is 7.20. The smallest absolute Gasteiger partial charge is 0.541 e. The third kappa shape index (κ3) is 6.14. The predicted octanol–water partition coefficient (Wildman–Crippen LogP) is -2.42. The van der Waals surface area contributed by atoms with Gasteiger partial charge in [-0.2, -0.15) is 0 Å². The van der Waals surface area contributed by atoms with Crippen molar-refractivity contribution in [1.82, 2.24) is 0 Å². The number of hydrogen-bond acceptors (Lipinski definition) is 3. The maximum Gasteiger partial charge on any atom is 1.00 e. The number of carboxylic acid groups (broad SMARTS) is 1. The first kappa shape index (κ1) is 15.5. The van der Waals surface area contributed by atoms with E-state index in [0.717, 1.165) is 11.6 Å². The quantitative estimate of drug-likeness (QED) is 0.255. The van der Waals surface area contributed by atoms with Crippen LogP contribution >= 0.6 is 0 Å². The van der Waals surface area contributed by atoms with Gasteiger partial charge in [-0.1, -0.05) is 48.6 Å². The summed E-state index contributed by atoms with van der Waals surface area (Å²) in [6, 6.07) is 9.45. The standard InChI is InChI=1S/C12H10O3.K/c13-11(12(14)15)9-5-4-8-10-6-2-1-3-7-10;/h1-9H,(H,14,15);/q;+1/p-1/b8-4+,9-5+;. The molecule has 1 aromatic carbocycles. The molecule has 1 rings (SSSR count). The van der Waals surface area contributed by atoms with Gasteiger partial charge in [0.25, 0.3) is 0 Å². The van der Waals surface area contributed by atoms with E-state index in [2.05, 4.69) is 0 Å². The molecule has 0 aliphatic carbocycles. The van der Waals surface area contributed by atoms with Crippen molar-refractivity contribution in [3.63, 3.8) is 0 Å². The SMILES string of the molecule is O=C([O-])C(=O)/C=C/C=C/c1ccccc1.[K+]. The van der Waals surface area contributed by atoms with Crippen LogP contribution in [-0.4, -0.2) is 11.8 Å². The van der Waals surface area contributed by atoms with Crippen molar-refractivity contribution < 1.29 is 66.1 Å². The van der Waals surface area contributed by atoms with Gasteiger partial charge in [0.15, 0.2) is 0 Å². The maximum atomic E-state index is 10.6. The number of allylic oxidation sites excluding steroid dienone is 2. The van der Waals surface area contributed by atoms with E-state index in [9.17, 15) is 14.7 Å². The number of rotatable bonds is 4. The van der Waals surface area contributed by atoms with Crippen LogP contribution in [0.3, 0.4) is 0 Å². The van der Waals surface area contributed by atoms with Crippen molar-refractivity contribution in [1.29, 1.82) is 0 Å². The Hall–Kier alpha value is -0.524. The van der Waals surface area contributed by atoms with Crippen LogP contribution in [0.15, 0.2) is 48.6 Å². The molecule has 3 nitrogen and oxygen atoms in total. The molecule has 0 heterocycles. The minimum absolute atomic E-state index is 0. The second-order valence-electron chi connectivity index (χ2n) is 2.78. The zero-order valence-electron chi connectivity index (χ0n) is 8.92. The van der Waals surface area contributed by atoms with Crippen LogP contribution in [0, 0.1) is 0 Å². The third-order valence-electron chi connectivity index (χ3n) is 1.65. The number of hydrogen-bond donors (Lipinski definition) is 0.